The second-order valence-electron chi connectivity index (χ2n) is 4.28. The normalized spacial score (nSPS) is 14.9. The SMILES string of the molecule is COCC(O)CN(C)C(C)c1ccc(F)cc1. The van der Waals surface area contributed by atoms with Crippen LogP contribution < -0.4 is 0 Å². The van der Waals surface area contributed by atoms with Gasteiger partial charge in [-0.15, -0.1) is 0 Å². The van der Waals surface area contributed by atoms with Crippen molar-refractivity contribution in [3.05, 3.63) is 35.6 Å². The highest BCUT2D eigenvalue weighted by Gasteiger charge is 2.15. The van der Waals surface area contributed by atoms with E-state index in [4.69, 9.17) is 4.74 Å². The number of methoxy groups -OCH3 is 1. The van der Waals surface area contributed by atoms with Crippen LogP contribution in [0.3, 0.4) is 0 Å². The maximum atomic E-state index is 12.8. The Bertz CT molecular complexity index is 329. The Kier molecular flexibility index (Phi) is 5.55. The highest BCUT2D eigenvalue weighted by Crippen LogP contribution is 2.18. The molecule has 4 heteroatoms. The lowest BCUT2D eigenvalue weighted by Crippen LogP contribution is -2.33. The van der Waals surface area contributed by atoms with Gasteiger partial charge in [-0.05, 0) is 31.7 Å². The summed E-state index contributed by atoms with van der Waals surface area (Å²) in [6.45, 7) is 2.86. The molecule has 1 aromatic rings. The maximum Gasteiger partial charge on any atom is 0.123 e. The number of likely N-dealkylation sites (N-methyl/N-ethyl adjacent to an activating group) is 1. The van der Waals surface area contributed by atoms with Crippen molar-refractivity contribution < 1.29 is 14.2 Å². The summed E-state index contributed by atoms with van der Waals surface area (Å²) in [6, 6.07) is 6.55. The highest BCUT2D eigenvalue weighted by molar-refractivity contribution is 5.19. The van der Waals surface area contributed by atoms with Crippen molar-refractivity contribution in [1.82, 2.24) is 4.90 Å². The molecule has 96 valence electrons. The van der Waals surface area contributed by atoms with Crippen LogP contribution in [0.5, 0.6) is 0 Å². The minimum absolute atomic E-state index is 0.127. The summed E-state index contributed by atoms with van der Waals surface area (Å²) in [5, 5.41) is 9.63. The van der Waals surface area contributed by atoms with Gasteiger partial charge in [-0.2, -0.15) is 0 Å². The van der Waals surface area contributed by atoms with Crippen molar-refractivity contribution in [2.24, 2.45) is 0 Å². The van der Waals surface area contributed by atoms with Crippen molar-refractivity contribution in [3.63, 3.8) is 0 Å². The van der Waals surface area contributed by atoms with E-state index in [1.165, 1.54) is 12.1 Å². The first kappa shape index (κ1) is 14.1. The number of nitrogens with zero attached hydrogens (tertiary/aromatic N) is 1. The molecule has 2 unspecified atom stereocenters. The van der Waals surface area contributed by atoms with Crippen molar-refractivity contribution in [2.45, 2.75) is 19.1 Å². The molecule has 0 spiro atoms. The summed E-state index contributed by atoms with van der Waals surface area (Å²) in [7, 11) is 3.49. The summed E-state index contributed by atoms with van der Waals surface area (Å²) in [6.07, 6.45) is -0.507. The van der Waals surface area contributed by atoms with Gasteiger partial charge >= 0.3 is 0 Å². The number of aliphatic hydroxyl groups is 1. The zero-order chi connectivity index (χ0) is 12.8. The first-order valence-corrected chi connectivity index (χ1v) is 5.67. The quantitative estimate of drug-likeness (QED) is 0.824. The zero-order valence-electron chi connectivity index (χ0n) is 10.6. The number of hydrogen-bond acceptors (Lipinski definition) is 3. The van der Waals surface area contributed by atoms with Gasteiger partial charge in [-0.1, -0.05) is 12.1 Å². The van der Waals surface area contributed by atoms with Crippen molar-refractivity contribution in [3.8, 4) is 0 Å². The predicted octanol–water partition coefficient (Wildman–Crippen LogP) is 1.83. The van der Waals surface area contributed by atoms with Crippen molar-refractivity contribution >= 4 is 0 Å². The second-order valence-corrected chi connectivity index (χ2v) is 4.28. The molecular formula is C13H20FNO2. The van der Waals surface area contributed by atoms with E-state index < -0.39 is 6.10 Å². The zero-order valence-corrected chi connectivity index (χ0v) is 10.6. The van der Waals surface area contributed by atoms with Crippen molar-refractivity contribution in [2.75, 3.05) is 27.3 Å². The fraction of sp³-hybridized carbons (Fsp3) is 0.538. The van der Waals surface area contributed by atoms with Crippen LogP contribution in [0.25, 0.3) is 0 Å². The van der Waals surface area contributed by atoms with E-state index in [-0.39, 0.29) is 11.9 Å². The average Bonchev–Trinajstić information content (AvgIpc) is 2.29. The number of benzene rings is 1. The summed E-state index contributed by atoms with van der Waals surface area (Å²) < 4.78 is 17.7. The molecule has 1 rings (SSSR count). The summed E-state index contributed by atoms with van der Waals surface area (Å²) in [5.41, 5.74) is 1.03. The molecule has 0 amide bonds. The molecule has 2 atom stereocenters. The topological polar surface area (TPSA) is 32.7 Å². The van der Waals surface area contributed by atoms with Crippen LogP contribution in [0.15, 0.2) is 24.3 Å². The monoisotopic (exact) mass is 241 g/mol. The number of ether oxygens (including phenoxy) is 1. The summed E-state index contributed by atoms with van der Waals surface area (Å²) >= 11 is 0. The molecule has 3 nitrogen and oxygen atoms in total. The van der Waals surface area contributed by atoms with E-state index in [0.29, 0.717) is 13.2 Å². The number of hydrogen-bond donors (Lipinski definition) is 1. The van der Waals surface area contributed by atoms with Gasteiger partial charge in [0.25, 0.3) is 0 Å². The van der Waals surface area contributed by atoms with Gasteiger partial charge in [0.1, 0.15) is 5.82 Å². The molecule has 0 radical (unpaired) electrons. The fourth-order valence-electron chi connectivity index (χ4n) is 1.73. The lowest BCUT2D eigenvalue weighted by Gasteiger charge is -2.27. The third-order valence-corrected chi connectivity index (χ3v) is 2.87. The smallest absolute Gasteiger partial charge is 0.123 e. The van der Waals surface area contributed by atoms with Crippen LogP contribution in [0.4, 0.5) is 4.39 Å². The minimum atomic E-state index is -0.507. The molecule has 17 heavy (non-hydrogen) atoms. The molecule has 1 N–H and O–H groups in total. The molecule has 0 saturated heterocycles. The summed E-state index contributed by atoms with van der Waals surface area (Å²) in [5.74, 6) is -0.233. The Balaban J connectivity index is 2.56. The lowest BCUT2D eigenvalue weighted by molar-refractivity contribution is 0.0357. The van der Waals surface area contributed by atoms with Gasteiger partial charge < -0.3 is 9.84 Å². The van der Waals surface area contributed by atoms with Gasteiger partial charge in [0.15, 0.2) is 0 Å². The maximum absolute atomic E-state index is 12.8. The number of halogens is 1. The van der Waals surface area contributed by atoms with Gasteiger partial charge in [0.2, 0.25) is 0 Å². The van der Waals surface area contributed by atoms with Gasteiger partial charge in [-0.3, -0.25) is 4.90 Å². The van der Waals surface area contributed by atoms with E-state index >= 15 is 0 Å². The van der Waals surface area contributed by atoms with Crippen LogP contribution in [0.1, 0.15) is 18.5 Å². The molecule has 1 aromatic carbocycles. The van der Waals surface area contributed by atoms with Crippen LogP contribution in [0.2, 0.25) is 0 Å². The second kappa shape index (κ2) is 6.69. The third kappa shape index (κ3) is 4.42. The van der Waals surface area contributed by atoms with Gasteiger partial charge in [0, 0.05) is 19.7 Å². The minimum Gasteiger partial charge on any atom is -0.389 e. The van der Waals surface area contributed by atoms with Crippen LogP contribution in [0, 0.1) is 5.82 Å². The van der Waals surface area contributed by atoms with Gasteiger partial charge in [-0.25, -0.2) is 4.39 Å². The Labute approximate surface area is 102 Å². The molecule has 0 saturated carbocycles. The standard InChI is InChI=1S/C13H20FNO2/c1-10(11-4-6-12(14)7-5-11)15(2)8-13(16)9-17-3/h4-7,10,13,16H,8-9H2,1-3H3. The molecule has 0 heterocycles. The highest BCUT2D eigenvalue weighted by atomic mass is 19.1. The molecule has 0 bridgehead atoms. The average molecular weight is 241 g/mol. The van der Waals surface area contributed by atoms with E-state index in [0.717, 1.165) is 5.56 Å². The largest absolute Gasteiger partial charge is 0.389 e. The molecule has 0 fully saturated rings. The first-order chi connectivity index (χ1) is 8.04. The first-order valence-electron chi connectivity index (χ1n) is 5.67. The molecule has 0 aliphatic heterocycles. The van der Waals surface area contributed by atoms with Crippen LogP contribution >= 0.6 is 0 Å². The lowest BCUT2D eigenvalue weighted by atomic mass is 10.1. The van der Waals surface area contributed by atoms with Crippen molar-refractivity contribution in [1.29, 1.82) is 0 Å². The fourth-order valence-corrected chi connectivity index (χ4v) is 1.73. The number of rotatable bonds is 6. The Morgan fingerprint density at radius 1 is 1.35 bits per heavy atom. The van der Waals surface area contributed by atoms with E-state index in [1.54, 1.807) is 19.2 Å². The van der Waals surface area contributed by atoms with E-state index in [1.807, 2.05) is 18.9 Å². The Morgan fingerprint density at radius 2 is 1.94 bits per heavy atom. The van der Waals surface area contributed by atoms with E-state index in [2.05, 4.69) is 0 Å². The number of aliphatic hydroxyl groups excluding tert-OH is 1. The third-order valence-electron chi connectivity index (χ3n) is 2.87. The van der Waals surface area contributed by atoms with Crippen LogP contribution in [-0.4, -0.2) is 43.4 Å². The van der Waals surface area contributed by atoms with Gasteiger partial charge in [0.05, 0.1) is 12.7 Å². The molecule has 0 aromatic heterocycles. The van der Waals surface area contributed by atoms with Crippen LogP contribution in [-0.2, 0) is 4.74 Å². The Hall–Kier alpha value is -0.970. The molecule has 0 aliphatic carbocycles. The van der Waals surface area contributed by atoms with E-state index in [9.17, 15) is 9.50 Å². The predicted molar refractivity (Wildman–Crippen MR) is 65.3 cm³/mol. The molecular weight excluding hydrogens is 221 g/mol. The molecule has 0 aliphatic rings. The summed E-state index contributed by atoms with van der Waals surface area (Å²) in [4.78, 5) is 2.01. The Morgan fingerprint density at radius 3 is 2.47 bits per heavy atom.